The zero-order chi connectivity index (χ0) is 14.0. The number of aryl methyl sites for hydroxylation is 2. The Kier molecular flexibility index (Phi) is 3.71. The van der Waals surface area contributed by atoms with E-state index in [2.05, 4.69) is 10.3 Å². The van der Waals surface area contributed by atoms with Crippen molar-refractivity contribution >= 4 is 28.9 Å². The predicted molar refractivity (Wildman–Crippen MR) is 77.5 cm³/mol. The van der Waals surface area contributed by atoms with Crippen LogP contribution >= 0.6 is 11.6 Å². The van der Waals surface area contributed by atoms with Crippen molar-refractivity contribution in [3.05, 3.63) is 52.3 Å². The molecule has 1 aromatic heterocycles. The second-order valence-corrected chi connectivity index (χ2v) is 4.76. The highest BCUT2D eigenvalue weighted by Crippen LogP contribution is 2.24. The van der Waals surface area contributed by atoms with Crippen molar-refractivity contribution in [1.29, 1.82) is 0 Å². The van der Waals surface area contributed by atoms with E-state index in [1.165, 1.54) is 6.20 Å². The average Bonchev–Trinajstić information content (AvgIpc) is 2.32. The molecule has 2 aromatic rings. The maximum Gasteiger partial charge on any atom is 0.259 e. The average molecular weight is 276 g/mol. The van der Waals surface area contributed by atoms with Crippen LogP contribution in [0, 0.1) is 13.8 Å². The molecule has 5 heteroatoms. The lowest BCUT2D eigenvalue weighted by molar-refractivity contribution is 0.102. The fourth-order valence-electron chi connectivity index (χ4n) is 1.68. The van der Waals surface area contributed by atoms with Crippen LogP contribution < -0.4 is 11.1 Å². The second kappa shape index (κ2) is 5.28. The number of carbonyl (C=O) groups is 1. The van der Waals surface area contributed by atoms with E-state index in [1.807, 2.05) is 19.9 Å². The van der Waals surface area contributed by atoms with Crippen LogP contribution in [-0.4, -0.2) is 10.9 Å². The van der Waals surface area contributed by atoms with Crippen LogP contribution in [0.15, 0.2) is 30.5 Å². The first kappa shape index (κ1) is 13.4. The molecule has 0 atom stereocenters. The molecular formula is C14H14ClN3O. The molecule has 0 spiro atoms. The van der Waals surface area contributed by atoms with E-state index in [-0.39, 0.29) is 5.91 Å². The van der Waals surface area contributed by atoms with Crippen molar-refractivity contribution in [2.75, 3.05) is 11.1 Å². The monoisotopic (exact) mass is 275 g/mol. The molecule has 19 heavy (non-hydrogen) atoms. The molecule has 0 saturated heterocycles. The van der Waals surface area contributed by atoms with Crippen molar-refractivity contribution in [1.82, 2.24) is 4.98 Å². The van der Waals surface area contributed by atoms with Gasteiger partial charge in [-0.1, -0.05) is 17.7 Å². The summed E-state index contributed by atoms with van der Waals surface area (Å²) in [5.41, 5.74) is 8.88. The second-order valence-electron chi connectivity index (χ2n) is 4.35. The Morgan fingerprint density at radius 2 is 2.05 bits per heavy atom. The number of nitrogen functional groups attached to an aromatic ring is 1. The number of hydrogen-bond donors (Lipinski definition) is 2. The van der Waals surface area contributed by atoms with Gasteiger partial charge < -0.3 is 11.1 Å². The number of benzene rings is 1. The number of hydrogen-bond acceptors (Lipinski definition) is 3. The van der Waals surface area contributed by atoms with Crippen molar-refractivity contribution in [3.8, 4) is 0 Å². The highest BCUT2D eigenvalue weighted by Gasteiger charge is 2.12. The van der Waals surface area contributed by atoms with Gasteiger partial charge in [0.05, 0.1) is 16.3 Å². The van der Waals surface area contributed by atoms with Crippen LogP contribution in [0.4, 0.5) is 11.4 Å². The van der Waals surface area contributed by atoms with Gasteiger partial charge in [-0.25, -0.2) is 0 Å². The molecular weight excluding hydrogens is 262 g/mol. The van der Waals surface area contributed by atoms with Gasteiger partial charge in [-0.15, -0.1) is 0 Å². The molecule has 2 rings (SSSR count). The smallest absolute Gasteiger partial charge is 0.259 e. The van der Waals surface area contributed by atoms with Crippen LogP contribution in [-0.2, 0) is 0 Å². The number of pyridine rings is 1. The van der Waals surface area contributed by atoms with Gasteiger partial charge in [0.25, 0.3) is 5.91 Å². The molecule has 0 aliphatic carbocycles. The third-order valence-corrected chi connectivity index (χ3v) is 3.00. The number of amides is 1. The molecule has 1 aromatic carbocycles. The SMILES string of the molecule is Cc1ccc(NC(=O)c2cnc(C)cc2N)c(Cl)c1. The van der Waals surface area contributed by atoms with Crippen LogP contribution in [0.3, 0.4) is 0 Å². The summed E-state index contributed by atoms with van der Waals surface area (Å²) in [5.74, 6) is -0.323. The van der Waals surface area contributed by atoms with Crippen molar-refractivity contribution in [3.63, 3.8) is 0 Å². The first-order valence-corrected chi connectivity index (χ1v) is 6.15. The number of rotatable bonds is 2. The summed E-state index contributed by atoms with van der Waals surface area (Å²) in [4.78, 5) is 16.2. The largest absolute Gasteiger partial charge is 0.398 e. The van der Waals surface area contributed by atoms with E-state index in [4.69, 9.17) is 17.3 Å². The third kappa shape index (κ3) is 3.03. The quantitative estimate of drug-likeness (QED) is 0.884. The predicted octanol–water partition coefficient (Wildman–Crippen LogP) is 3.19. The minimum atomic E-state index is -0.323. The van der Waals surface area contributed by atoms with E-state index >= 15 is 0 Å². The van der Waals surface area contributed by atoms with Gasteiger partial charge in [0, 0.05) is 17.6 Å². The molecule has 0 aliphatic rings. The van der Waals surface area contributed by atoms with Crippen molar-refractivity contribution in [2.24, 2.45) is 0 Å². The Hall–Kier alpha value is -2.07. The summed E-state index contributed by atoms with van der Waals surface area (Å²) in [6.07, 6.45) is 1.46. The minimum absolute atomic E-state index is 0.323. The topological polar surface area (TPSA) is 68.0 Å². The first-order valence-electron chi connectivity index (χ1n) is 5.77. The first-order chi connectivity index (χ1) is 8.97. The lowest BCUT2D eigenvalue weighted by Crippen LogP contribution is -2.15. The molecule has 0 aliphatic heterocycles. The van der Waals surface area contributed by atoms with E-state index in [0.29, 0.717) is 22.0 Å². The molecule has 1 heterocycles. The van der Waals surface area contributed by atoms with Gasteiger partial charge >= 0.3 is 0 Å². The molecule has 3 N–H and O–H groups in total. The standard InChI is InChI=1S/C14H14ClN3O/c1-8-3-4-13(11(15)5-8)18-14(19)10-7-17-9(2)6-12(10)16/h3-7H,1-2H3,(H2,16,17)(H,18,19). The lowest BCUT2D eigenvalue weighted by atomic mass is 10.2. The Bertz CT molecular complexity index is 641. The Morgan fingerprint density at radius 3 is 2.68 bits per heavy atom. The highest BCUT2D eigenvalue weighted by molar-refractivity contribution is 6.34. The number of nitrogens with one attached hydrogen (secondary N) is 1. The zero-order valence-electron chi connectivity index (χ0n) is 10.7. The van der Waals surface area contributed by atoms with Gasteiger partial charge in [-0.2, -0.15) is 0 Å². The van der Waals surface area contributed by atoms with Crippen LogP contribution in [0.5, 0.6) is 0 Å². The number of anilines is 2. The zero-order valence-corrected chi connectivity index (χ0v) is 11.5. The van der Waals surface area contributed by atoms with Crippen molar-refractivity contribution in [2.45, 2.75) is 13.8 Å². The van der Waals surface area contributed by atoms with E-state index in [9.17, 15) is 4.79 Å². The summed E-state index contributed by atoms with van der Waals surface area (Å²) in [6.45, 7) is 3.74. The number of halogens is 1. The van der Waals surface area contributed by atoms with Gasteiger partial charge in [0.15, 0.2) is 0 Å². The molecule has 0 unspecified atom stereocenters. The third-order valence-electron chi connectivity index (χ3n) is 2.69. The van der Waals surface area contributed by atoms with Crippen LogP contribution in [0.1, 0.15) is 21.6 Å². The van der Waals surface area contributed by atoms with E-state index < -0.39 is 0 Å². The molecule has 0 radical (unpaired) electrons. The van der Waals surface area contributed by atoms with Gasteiger partial charge in [-0.05, 0) is 37.6 Å². The highest BCUT2D eigenvalue weighted by atomic mass is 35.5. The molecule has 4 nitrogen and oxygen atoms in total. The fourth-order valence-corrected chi connectivity index (χ4v) is 1.96. The van der Waals surface area contributed by atoms with E-state index in [1.54, 1.807) is 18.2 Å². The lowest BCUT2D eigenvalue weighted by Gasteiger charge is -2.09. The molecule has 98 valence electrons. The molecule has 1 amide bonds. The normalized spacial score (nSPS) is 10.3. The van der Waals surface area contributed by atoms with E-state index in [0.717, 1.165) is 11.3 Å². The number of nitrogens with two attached hydrogens (primary N) is 1. The molecule has 0 bridgehead atoms. The maximum atomic E-state index is 12.1. The molecule has 0 saturated carbocycles. The summed E-state index contributed by atoms with van der Waals surface area (Å²) < 4.78 is 0. The Labute approximate surface area is 116 Å². The summed E-state index contributed by atoms with van der Waals surface area (Å²) in [5, 5.41) is 3.22. The molecule has 0 fully saturated rings. The maximum absolute atomic E-state index is 12.1. The van der Waals surface area contributed by atoms with Crippen LogP contribution in [0.25, 0.3) is 0 Å². The number of aromatic nitrogens is 1. The number of nitrogens with zero attached hydrogens (tertiary/aromatic N) is 1. The minimum Gasteiger partial charge on any atom is -0.398 e. The van der Waals surface area contributed by atoms with Gasteiger partial charge in [-0.3, -0.25) is 9.78 Å². The number of carbonyl (C=O) groups excluding carboxylic acids is 1. The van der Waals surface area contributed by atoms with Crippen molar-refractivity contribution < 1.29 is 4.79 Å². The van der Waals surface area contributed by atoms with Crippen LogP contribution in [0.2, 0.25) is 5.02 Å². The Morgan fingerprint density at radius 1 is 1.32 bits per heavy atom. The summed E-state index contributed by atoms with van der Waals surface area (Å²) in [6, 6.07) is 7.07. The summed E-state index contributed by atoms with van der Waals surface area (Å²) >= 11 is 6.06. The fraction of sp³-hybridized carbons (Fsp3) is 0.143. The Balaban J connectivity index is 2.25. The van der Waals surface area contributed by atoms with Gasteiger partial charge in [0.2, 0.25) is 0 Å². The summed E-state index contributed by atoms with van der Waals surface area (Å²) in [7, 11) is 0. The van der Waals surface area contributed by atoms with Gasteiger partial charge in [0.1, 0.15) is 0 Å².